The zero-order valence-corrected chi connectivity index (χ0v) is 12.3. The first-order chi connectivity index (χ1) is 9.55. The van der Waals surface area contributed by atoms with Gasteiger partial charge in [-0.3, -0.25) is 0 Å². The highest BCUT2D eigenvalue weighted by Gasteiger charge is 2.27. The molecule has 1 heterocycles. The number of hydrogen-bond donors (Lipinski definition) is 0. The van der Waals surface area contributed by atoms with Crippen molar-refractivity contribution >= 4 is 10.0 Å². The first kappa shape index (κ1) is 15.0. The Balaban J connectivity index is 2.19. The highest BCUT2D eigenvalue weighted by Crippen LogP contribution is 2.21. The number of benzene rings is 1. The van der Waals surface area contributed by atoms with E-state index in [9.17, 15) is 8.42 Å². The van der Waals surface area contributed by atoms with Gasteiger partial charge < -0.3 is 4.74 Å². The van der Waals surface area contributed by atoms with E-state index in [1.54, 1.807) is 12.1 Å². The van der Waals surface area contributed by atoms with Gasteiger partial charge in [0, 0.05) is 20.2 Å². The van der Waals surface area contributed by atoms with Crippen molar-refractivity contribution in [3.63, 3.8) is 0 Å². The molecular weight excluding hydrogens is 276 g/mol. The Kier molecular flexibility index (Phi) is 4.76. The largest absolute Gasteiger partial charge is 0.377 e. The zero-order chi connectivity index (χ0) is 14.6. The number of sulfonamides is 1. The normalized spacial score (nSPS) is 19.8. The minimum atomic E-state index is -3.65. The minimum absolute atomic E-state index is 0.0563. The monoisotopic (exact) mass is 294 g/mol. The number of likely N-dealkylation sites (N-methyl/N-ethyl adjacent to an activating group) is 1. The molecule has 0 saturated carbocycles. The summed E-state index contributed by atoms with van der Waals surface area (Å²) in [7, 11) is -2.12. The molecule has 1 aromatic carbocycles. The smallest absolute Gasteiger partial charge is 0.244 e. The van der Waals surface area contributed by atoms with Gasteiger partial charge in [0.05, 0.1) is 16.6 Å². The summed E-state index contributed by atoms with van der Waals surface area (Å²) in [6, 6.07) is 8.18. The molecule has 1 aromatic rings. The van der Waals surface area contributed by atoms with E-state index in [0.717, 1.165) is 19.3 Å². The lowest BCUT2D eigenvalue weighted by atomic mass is 10.1. The Morgan fingerprint density at radius 2 is 2.15 bits per heavy atom. The lowest BCUT2D eigenvalue weighted by molar-refractivity contribution is 0.00858. The molecule has 1 aliphatic rings. The summed E-state index contributed by atoms with van der Waals surface area (Å²) in [4.78, 5) is 0.0563. The van der Waals surface area contributed by atoms with Gasteiger partial charge >= 0.3 is 0 Å². The molecule has 6 heteroatoms. The Morgan fingerprint density at radius 1 is 1.40 bits per heavy atom. The molecule has 2 rings (SSSR count). The summed E-state index contributed by atoms with van der Waals surface area (Å²) >= 11 is 0. The van der Waals surface area contributed by atoms with Crippen LogP contribution in [0.3, 0.4) is 0 Å². The van der Waals surface area contributed by atoms with Gasteiger partial charge in [-0.05, 0) is 31.4 Å². The molecule has 0 radical (unpaired) electrons. The van der Waals surface area contributed by atoms with Crippen molar-refractivity contribution < 1.29 is 13.2 Å². The van der Waals surface area contributed by atoms with Crippen LogP contribution in [0.1, 0.15) is 24.8 Å². The number of nitriles is 1. The summed E-state index contributed by atoms with van der Waals surface area (Å²) in [5.41, 5.74) is 0.170. The molecule has 5 nitrogen and oxygen atoms in total. The molecule has 0 spiro atoms. The topological polar surface area (TPSA) is 70.4 Å². The van der Waals surface area contributed by atoms with E-state index >= 15 is 0 Å². The molecule has 20 heavy (non-hydrogen) atoms. The van der Waals surface area contributed by atoms with Gasteiger partial charge in [-0.25, -0.2) is 8.42 Å². The fraction of sp³-hybridized carbons (Fsp3) is 0.500. The third kappa shape index (κ3) is 3.18. The van der Waals surface area contributed by atoms with Crippen LogP contribution in [-0.4, -0.2) is 39.0 Å². The van der Waals surface area contributed by atoms with Crippen LogP contribution in [0.5, 0.6) is 0 Å². The van der Waals surface area contributed by atoms with Crippen LogP contribution in [0.4, 0.5) is 0 Å². The van der Waals surface area contributed by atoms with E-state index in [2.05, 4.69) is 0 Å². The van der Waals surface area contributed by atoms with Crippen LogP contribution >= 0.6 is 0 Å². The zero-order valence-electron chi connectivity index (χ0n) is 11.4. The van der Waals surface area contributed by atoms with Gasteiger partial charge in [-0.2, -0.15) is 9.57 Å². The van der Waals surface area contributed by atoms with Gasteiger partial charge in [-0.15, -0.1) is 0 Å². The molecule has 1 unspecified atom stereocenters. The predicted octanol–water partition coefficient (Wildman–Crippen LogP) is 1.75. The average Bonchev–Trinajstić information content (AvgIpc) is 2.48. The lowest BCUT2D eigenvalue weighted by Crippen LogP contribution is -2.37. The van der Waals surface area contributed by atoms with Gasteiger partial charge in [0.15, 0.2) is 0 Å². The van der Waals surface area contributed by atoms with Gasteiger partial charge in [0.2, 0.25) is 10.0 Å². The highest BCUT2D eigenvalue weighted by atomic mass is 32.2. The van der Waals surface area contributed by atoms with Crippen molar-refractivity contribution in [2.45, 2.75) is 30.3 Å². The maximum Gasteiger partial charge on any atom is 0.244 e. The number of ether oxygens (including phenoxy) is 1. The molecule has 1 aliphatic heterocycles. The van der Waals surface area contributed by atoms with Gasteiger partial charge in [-0.1, -0.05) is 12.1 Å². The quantitative estimate of drug-likeness (QED) is 0.848. The average molecular weight is 294 g/mol. The van der Waals surface area contributed by atoms with Crippen molar-refractivity contribution in [3.8, 4) is 6.07 Å². The van der Waals surface area contributed by atoms with E-state index < -0.39 is 10.0 Å². The second-order valence-electron chi connectivity index (χ2n) is 4.88. The summed E-state index contributed by atoms with van der Waals surface area (Å²) < 4.78 is 31.9. The van der Waals surface area contributed by atoms with Crippen molar-refractivity contribution in [2.75, 3.05) is 20.2 Å². The Bertz CT molecular complexity index is 601. The van der Waals surface area contributed by atoms with Gasteiger partial charge in [0.25, 0.3) is 0 Å². The molecule has 0 aromatic heterocycles. The van der Waals surface area contributed by atoms with E-state index in [-0.39, 0.29) is 16.6 Å². The molecule has 0 bridgehead atoms. The third-order valence-electron chi connectivity index (χ3n) is 3.43. The highest BCUT2D eigenvalue weighted by molar-refractivity contribution is 7.89. The van der Waals surface area contributed by atoms with Crippen molar-refractivity contribution in [3.05, 3.63) is 29.8 Å². The Morgan fingerprint density at radius 3 is 2.80 bits per heavy atom. The molecular formula is C14H18N2O3S. The van der Waals surface area contributed by atoms with Gasteiger partial charge in [0.1, 0.15) is 6.07 Å². The fourth-order valence-electron chi connectivity index (χ4n) is 2.29. The molecule has 0 amide bonds. The number of nitrogens with zero attached hydrogens (tertiary/aromatic N) is 2. The van der Waals surface area contributed by atoms with Crippen LogP contribution in [-0.2, 0) is 14.8 Å². The molecule has 1 atom stereocenters. The molecule has 0 N–H and O–H groups in total. The number of hydrogen-bond acceptors (Lipinski definition) is 4. The second-order valence-corrected chi connectivity index (χ2v) is 6.90. The summed E-state index contributed by atoms with van der Waals surface area (Å²) in [6.45, 7) is 1.01. The predicted molar refractivity (Wildman–Crippen MR) is 74.6 cm³/mol. The first-order valence-corrected chi connectivity index (χ1v) is 8.07. The van der Waals surface area contributed by atoms with Crippen LogP contribution in [0.15, 0.2) is 29.2 Å². The second kappa shape index (κ2) is 6.35. The summed E-state index contributed by atoms with van der Waals surface area (Å²) in [5, 5.41) is 9.03. The SMILES string of the molecule is CN(CC1CCCCO1)S(=O)(=O)c1ccccc1C#N. The lowest BCUT2D eigenvalue weighted by Gasteiger charge is -2.27. The van der Waals surface area contributed by atoms with E-state index in [1.807, 2.05) is 6.07 Å². The maximum absolute atomic E-state index is 12.5. The van der Waals surface area contributed by atoms with Crippen LogP contribution < -0.4 is 0 Å². The molecule has 0 aliphatic carbocycles. The molecule has 1 fully saturated rings. The van der Waals surface area contributed by atoms with E-state index in [4.69, 9.17) is 10.00 Å². The Labute approximate surface area is 119 Å². The fourth-order valence-corrected chi connectivity index (χ4v) is 3.63. The standard InChI is InChI=1S/C14H18N2O3S/c1-16(11-13-7-4-5-9-19-13)20(17,18)14-8-3-2-6-12(14)10-15/h2-3,6,8,13H,4-5,7,9,11H2,1H3. The van der Waals surface area contributed by atoms with E-state index in [1.165, 1.54) is 23.5 Å². The number of rotatable bonds is 4. The van der Waals surface area contributed by atoms with Crippen molar-refractivity contribution in [1.29, 1.82) is 5.26 Å². The molecule has 108 valence electrons. The minimum Gasteiger partial charge on any atom is -0.377 e. The van der Waals surface area contributed by atoms with E-state index in [0.29, 0.717) is 13.2 Å². The summed E-state index contributed by atoms with van der Waals surface area (Å²) in [5.74, 6) is 0. The van der Waals surface area contributed by atoms with Crippen molar-refractivity contribution in [1.82, 2.24) is 4.31 Å². The van der Waals surface area contributed by atoms with Crippen LogP contribution in [0, 0.1) is 11.3 Å². The maximum atomic E-state index is 12.5. The first-order valence-electron chi connectivity index (χ1n) is 6.63. The van der Waals surface area contributed by atoms with Crippen LogP contribution in [0.2, 0.25) is 0 Å². The molecule has 1 saturated heterocycles. The summed E-state index contributed by atoms with van der Waals surface area (Å²) in [6.07, 6.45) is 2.91. The Hall–Kier alpha value is -1.42. The third-order valence-corrected chi connectivity index (χ3v) is 5.31. The van der Waals surface area contributed by atoms with Crippen LogP contribution in [0.25, 0.3) is 0 Å². The van der Waals surface area contributed by atoms with Crippen molar-refractivity contribution in [2.24, 2.45) is 0 Å².